The van der Waals surface area contributed by atoms with Crippen molar-refractivity contribution in [2.45, 2.75) is 38.6 Å². The standard InChI is InChI=1S/C11H19NO2/c1-3-11(2,8-13)12-10(14)9-6-4-5-7-9/h4-5,9,13H,3,6-8H2,1-2H3,(H,12,14). The van der Waals surface area contributed by atoms with Crippen molar-refractivity contribution in [1.82, 2.24) is 5.32 Å². The molecule has 2 N–H and O–H groups in total. The first-order valence-corrected chi connectivity index (χ1v) is 5.19. The molecular formula is C11H19NO2. The Morgan fingerprint density at radius 2 is 2.14 bits per heavy atom. The van der Waals surface area contributed by atoms with Crippen LogP contribution in [0.1, 0.15) is 33.1 Å². The summed E-state index contributed by atoms with van der Waals surface area (Å²) < 4.78 is 0. The molecule has 0 aromatic rings. The maximum absolute atomic E-state index is 11.7. The highest BCUT2D eigenvalue weighted by Gasteiger charge is 2.27. The number of rotatable bonds is 4. The van der Waals surface area contributed by atoms with E-state index >= 15 is 0 Å². The first-order valence-electron chi connectivity index (χ1n) is 5.19. The Bertz CT molecular complexity index is 223. The predicted molar refractivity (Wildman–Crippen MR) is 55.8 cm³/mol. The Balaban J connectivity index is 2.46. The minimum Gasteiger partial charge on any atom is -0.394 e. The van der Waals surface area contributed by atoms with Gasteiger partial charge < -0.3 is 10.4 Å². The monoisotopic (exact) mass is 197 g/mol. The number of carbonyl (C=O) groups excluding carboxylic acids is 1. The molecule has 0 fully saturated rings. The number of hydrogen-bond donors (Lipinski definition) is 2. The zero-order valence-electron chi connectivity index (χ0n) is 8.92. The van der Waals surface area contributed by atoms with E-state index in [9.17, 15) is 4.79 Å². The highest BCUT2D eigenvalue weighted by Crippen LogP contribution is 2.19. The minimum atomic E-state index is -0.459. The van der Waals surface area contributed by atoms with Gasteiger partial charge in [0.15, 0.2) is 0 Å². The second-order valence-electron chi connectivity index (χ2n) is 4.20. The zero-order chi connectivity index (χ0) is 10.6. The van der Waals surface area contributed by atoms with Gasteiger partial charge in [0.1, 0.15) is 0 Å². The Hall–Kier alpha value is -0.830. The van der Waals surface area contributed by atoms with E-state index in [0.29, 0.717) is 0 Å². The lowest BCUT2D eigenvalue weighted by molar-refractivity contribution is -0.127. The average molecular weight is 197 g/mol. The van der Waals surface area contributed by atoms with Gasteiger partial charge in [-0.2, -0.15) is 0 Å². The van der Waals surface area contributed by atoms with E-state index in [2.05, 4.69) is 5.32 Å². The van der Waals surface area contributed by atoms with Crippen LogP contribution in [0.25, 0.3) is 0 Å². The molecule has 0 aromatic heterocycles. The Labute approximate surface area is 85.2 Å². The van der Waals surface area contributed by atoms with Crippen LogP contribution in [0.4, 0.5) is 0 Å². The van der Waals surface area contributed by atoms with Gasteiger partial charge in [0.05, 0.1) is 12.1 Å². The number of aliphatic hydroxyl groups is 1. The van der Waals surface area contributed by atoms with E-state index in [0.717, 1.165) is 19.3 Å². The quantitative estimate of drug-likeness (QED) is 0.666. The lowest BCUT2D eigenvalue weighted by Crippen LogP contribution is -2.50. The lowest BCUT2D eigenvalue weighted by Gasteiger charge is -2.28. The van der Waals surface area contributed by atoms with Crippen LogP contribution in [0.5, 0.6) is 0 Å². The van der Waals surface area contributed by atoms with Gasteiger partial charge in [0, 0.05) is 5.92 Å². The molecule has 1 amide bonds. The molecule has 1 aliphatic rings. The molecule has 80 valence electrons. The smallest absolute Gasteiger partial charge is 0.224 e. The molecule has 1 rings (SSSR count). The predicted octanol–water partition coefficient (Wildman–Crippen LogP) is 1.23. The number of carbonyl (C=O) groups is 1. The van der Waals surface area contributed by atoms with Crippen LogP contribution in [0, 0.1) is 5.92 Å². The first-order chi connectivity index (χ1) is 6.61. The third-order valence-corrected chi connectivity index (χ3v) is 2.93. The maximum atomic E-state index is 11.7. The Morgan fingerprint density at radius 1 is 1.57 bits per heavy atom. The third kappa shape index (κ3) is 2.58. The van der Waals surface area contributed by atoms with Gasteiger partial charge in [-0.3, -0.25) is 4.79 Å². The van der Waals surface area contributed by atoms with Gasteiger partial charge in [-0.1, -0.05) is 19.1 Å². The van der Waals surface area contributed by atoms with Crippen molar-refractivity contribution in [2.75, 3.05) is 6.61 Å². The van der Waals surface area contributed by atoms with Gasteiger partial charge in [-0.25, -0.2) is 0 Å². The average Bonchev–Trinajstić information content (AvgIpc) is 2.70. The van der Waals surface area contributed by atoms with Crippen molar-refractivity contribution >= 4 is 5.91 Å². The van der Waals surface area contributed by atoms with E-state index in [4.69, 9.17) is 5.11 Å². The van der Waals surface area contributed by atoms with E-state index < -0.39 is 5.54 Å². The molecule has 0 heterocycles. The summed E-state index contributed by atoms with van der Waals surface area (Å²) in [6.07, 6.45) is 6.47. The second-order valence-corrected chi connectivity index (χ2v) is 4.20. The van der Waals surface area contributed by atoms with Crippen molar-refractivity contribution < 1.29 is 9.90 Å². The molecule has 1 aliphatic carbocycles. The van der Waals surface area contributed by atoms with E-state index in [1.165, 1.54) is 0 Å². The van der Waals surface area contributed by atoms with Crippen LogP contribution >= 0.6 is 0 Å². The Morgan fingerprint density at radius 3 is 2.57 bits per heavy atom. The summed E-state index contributed by atoms with van der Waals surface area (Å²) in [5.74, 6) is 0.140. The zero-order valence-corrected chi connectivity index (χ0v) is 8.92. The van der Waals surface area contributed by atoms with Gasteiger partial charge in [0.2, 0.25) is 5.91 Å². The molecule has 0 aromatic carbocycles. The van der Waals surface area contributed by atoms with Gasteiger partial charge in [0.25, 0.3) is 0 Å². The number of amides is 1. The molecule has 0 saturated heterocycles. The fraction of sp³-hybridized carbons (Fsp3) is 0.727. The third-order valence-electron chi connectivity index (χ3n) is 2.93. The SMILES string of the molecule is CCC(C)(CO)NC(=O)C1CC=CC1. The van der Waals surface area contributed by atoms with Crippen LogP contribution in [-0.2, 0) is 4.79 Å². The lowest BCUT2D eigenvalue weighted by atomic mass is 9.97. The first kappa shape index (κ1) is 11.2. The number of nitrogens with one attached hydrogen (secondary N) is 1. The topological polar surface area (TPSA) is 49.3 Å². The molecule has 14 heavy (non-hydrogen) atoms. The highest BCUT2D eigenvalue weighted by atomic mass is 16.3. The molecule has 1 unspecified atom stereocenters. The van der Waals surface area contributed by atoms with Crippen LogP contribution in [0.2, 0.25) is 0 Å². The summed E-state index contributed by atoms with van der Waals surface area (Å²) >= 11 is 0. The molecule has 0 radical (unpaired) electrons. The summed E-state index contributed by atoms with van der Waals surface area (Å²) in [5, 5.41) is 12.1. The second kappa shape index (κ2) is 4.60. The van der Waals surface area contributed by atoms with Crippen LogP contribution < -0.4 is 5.32 Å². The molecule has 1 atom stereocenters. The summed E-state index contributed by atoms with van der Waals surface area (Å²) in [5.41, 5.74) is -0.459. The molecule has 3 heteroatoms. The molecule has 0 bridgehead atoms. The van der Waals surface area contributed by atoms with E-state index in [1.807, 2.05) is 26.0 Å². The van der Waals surface area contributed by atoms with Crippen molar-refractivity contribution in [2.24, 2.45) is 5.92 Å². The normalized spacial score (nSPS) is 20.8. The number of aliphatic hydroxyl groups excluding tert-OH is 1. The molecule has 0 spiro atoms. The minimum absolute atomic E-state index is 0.00457. The van der Waals surface area contributed by atoms with Crippen molar-refractivity contribution in [3.8, 4) is 0 Å². The van der Waals surface area contributed by atoms with Gasteiger partial charge >= 0.3 is 0 Å². The molecular weight excluding hydrogens is 178 g/mol. The maximum Gasteiger partial charge on any atom is 0.224 e. The van der Waals surface area contributed by atoms with Crippen LogP contribution in [-0.4, -0.2) is 23.2 Å². The van der Waals surface area contributed by atoms with Crippen molar-refractivity contribution in [3.05, 3.63) is 12.2 Å². The van der Waals surface area contributed by atoms with Gasteiger partial charge in [-0.15, -0.1) is 0 Å². The molecule has 0 saturated carbocycles. The number of allylic oxidation sites excluding steroid dienone is 2. The summed E-state index contributed by atoms with van der Waals surface area (Å²) in [4.78, 5) is 11.7. The van der Waals surface area contributed by atoms with E-state index in [-0.39, 0.29) is 18.4 Å². The fourth-order valence-corrected chi connectivity index (χ4v) is 1.47. The summed E-state index contributed by atoms with van der Waals surface area (Å²) in [6.45, 7) is 3.83. The molecule has 3 nitrogen and oxygen atoms in total. The van der Waals surface area contributed by atoms with Crippen molar-refractivity contribution in [3.63, 3.8) is 0 Å². The largest absolute Gasteiger partial charge is 0.394 e. The Kier molecular flexibility index (Phi) is 3.69. The van der Waals surface area contributed by atoms with Gasteiger partial charge in [-0.05, 0) is 26.2 Å². The van der Waals surface area contributed by atoms with Crippen molar-refractivity contribution in [1.29, 1.82) is 0 Å². The molecule has 0 aliphatic heterocycles. The summed E-state index contributed by atoms with van der Waals surface area (Å²) in [7, 11) is 0. The number of hydrogen-bond acceptors (Lipinski definition) is 2. The van der Waals surface area contributed by atoms with E-state index in [1.54, 1.807) is 0 Å². The summed E-state index contributed by atoms with van der Waals surface area (Å²) in [6, 6.07) is 0. The van der Waals surface area contributed by atoms with Crippen LogP contribution in [0.15, 0.2) is 12.2 Å². The highest BCUT2D eigenvalue weighted by molar-refractivity contribution is 5.80. The van der Waals surface area contributed by atoms with Crippen LogP contribution in [0.3, 0.4) is 0 Å². The fourth-order valence-electron chi connectivity index (χ4n) is 1.47.